The number of methoxy groups -OCH3 is 3. The molecule has 27 N–H and O–H groups in total. The molecular formula is C57H80N20O14. The van der Waals surface area contributed by atoms with Crippen LogP contribution in [0.2, 0.25) is 0 Å². The van der Waals surface area contributed by atoms with Crippen LogP contribution in [-0.2, 0) is 24.0 Å². The fourth-order valence-corrected chi connectivity index (χ4v) is 8.66. The number of guanidine groups is 3. The number of rotatable bonds is 38. The van der Waals surface area contributed by atoms with Crippen molar-refractivity contribution in [3.05, 3.63) is 95.1 Å². The van der Waals surface area contributed by atoms with Gasteiger partial charge in [-0.15, -0.1) is 0 Å². The minimum Gasteiger partial charge on any atom is -0.496 e. The summed E-state index contributed by atoms with van der Waals surface area (Å²) < 4.78 is 21.6. The first-order valence-electron chi connectivity index (χ1n) is 28.3. The summed E-state index contributed by atoms with van der Waals surface area (Å²) in [5, 5.41) is 61.3. The maximum atomic E-state index is 14.4. The van der Waals surface area contributed by atoms with E-state index in [1.165, 1.54) is 88.1 Å². The number of carbonyl (C=O) groups excluding carboxylic acids is 8. The predicted molar refractivity (Wildman–Crippen MR) is 337 cm³/mol. The van der Waals surface area contributed by atoms with Crippen molar-refractivity contribution in [3.8, 4) is 23.0 Å². The van der Waals surface area contributed by atoms with Crippen LogP contribution in [-0.4, -0.2) is 161 Å². The molecule has 0 saturated heterocycles. The van der Waals surface area contributed by atoms with Gasteiger partial charge in [-0.2, -0.15) is 0 Å². The minimum atomic E-state index is -1.35. The second kappa shape index (κ2) is 37.0. The molecule has 0 fully saturated rings. The number of primary amides is 1. The van der Waals surface area contributed by atoms with Crippen LogP contribution in [0.1, 0.15) is 92.8 Å². The molecule has 4 aromatic rings. The van der Waals surface area contributed by atoms with Crippen LogP contribution in [0.25, 0.3) is 0 Å². The standard InChI is InChI=1S/C57H80N20O14/c1-88-42-16-12-31(71-51(84)38(59)8-4-20-67-29-58)25-35(42)48(81)76-40(10-6-22-69-56(63)64)53(86)73-33-14-18-44(90-3)37(27-33)50(83)77-41(11-7-23-70-57(65)66)54(87)74-32-13-17-43(89-2)36(26-32)49(82)75-39(9-5-21-68-55(61)62)52(85)72-30-15-19-45(91-28-46(78)79)34(24-30)47(60)80/h12-19,24-27,38-41,67H,4-11,20-23,28-29,58-59H2,1-3H3,(H2,60,80)(H,71,84)(H,72,85)(H,73,86)(H,74,87)(H,75,82)(H,76,81)(H,77,83)(H,78,79)(H4,61,62,68)(H4,63,64,69)(H4,65,66,70)/t38-,39-,40-,41-/m1/s1. The van der Waals surface area contributed by atoms with Crippen LogP contribution >= 0.6 is 0 Å². The summed E-state index contributed by atoms with van der Waals surface area (Å²) in [6, 6.07) is 11.3. The monoisotopic (exact) mass is 1270 g/mol. The molecule has 0 aliphatic rings. The van der Waals surface area contributed by atoms with Crippen LogP contribution in [0.4, 0.5) is 22.7 Å². The van der Waals surface area contributed by atoms with Crippen molar-refractivity contribution < 1.29 is 67.2 Å². The third-order valence-corrected chi connectivity index (χ3v) is 13.2. The summed E-state index contributed by atoms with van der Waals surface area (Å²) >= 11 is 0. The molecule has 492 valence electrons. The Labute approximate surface area is 522 Å². The lowest BCUT2D eigenvalue weighted by Crippen LogP contribution is -2.45. The number of amides is 8. The van der Waals surface area contributed by atoms with Gasteiger partial charge in [0.2, 0.25) is 23.6 Å². The van der Waals surface area contributed by atoms with E-state index in [-0.39, 0.29) is 151 Å². The van der Waals surface area contributed by atoms with Crippen LogP contribution in [0.15, 0.2) is 72.8 Å². The summed E-state index contributed by atoms with van der Waals surface area (Å²) in [7, 11) is 3.89. The lowest BCUT2D eigenvalue weighted by Gasteiger charge is -2.22. The molecule has 0 bridgehead atoms. The van der Waals surface area contributed by atoms with E-state index in [0.717, 1.165) is 6.07 Å². The topological polar surface area (TPSA) is 571 Å². The molecule has 0 radical (unpaired) electrons. The van der Waals surface area contributed by atoms with Gasteiger partial charge in [0.25, 0.3) is 23.6 Å². The summed E-state index contributed by atoms with van der Waals surface area (Å²) in [6.07, 6.45) is 1.39. The van der Waals surface area contributed by atoms with E-state index in [9.17, 15) is 43.2 Å². The second-order valence-corrected chi connectivity index (χ2v) is 19.9. The lowest BCUT2D eigenvalue weighted by atomic mass is 10.1. The van der Waals surface area contributed by atoms with Gasteiger partial charge in [0.05, 0.1) is 49.6 Å². The first-order chi connectivity index (χ1) is 43.4. The molecule has 0 aliphatic heterocycles. The lowest BCUT2D eigenvalue weighted by molar-refractivity contribution is -0.139. The Morgan fingerprint density at radius 3 is 1.09 bits per heavy atom. The number of carboxylic acids is 1. The molecule has 34 heteroatoms. The Bertz CT molecular complexity index is 3280. The van der Waals surface area contributed by atoms with Crippen molar-refractivity contribution in [1.29, 1.82) is 16.2 Å². The maximum absolute atomic E-state index is 14.4. The van der Waals surface area contributed by atoms with Crippen molar-refractivity contribution in [2.75, 3.05) is 82.1 Å². The number of carbonyl (C=O) groups is 9. The quantitative estimate of drug-likeness (QED) is 0.0109. The molecule has 34 nitrogen and oxygen atoms in total. The molecule has 0 aromatic heterocycles. The number of hydrogen-bond acceptors (Lipinski definition) is 19. The van der Waals surface area contributed by atoms with E-state index >= 15 is 0 Å². The molecule has 0 saturated carbocycles. The predicted octanol–water partition coefficient (Wildman–Crippen LogP) is -1.17. The molecule has 0 heterocycles. The maximum Gasteiger partial charge on any atom is 0.341 e. The van der Waals surface area contributed by atoms with Gasteiger partial charge in [0.1, 0.15) is 41.1 Å². The van der Waals surface area contributed by atoms with Crippen molar-refractivity contribution in [2.24, 2.45) is 34.4 Å². The smallest absolute Gasteiger partial charge is 0.341 e. The van der Waals surface area contributed by atoms with Crippen molar-refractivity contribution in [1.82, 2.24) is 37.2 Å². The summed E-state index contributed by atoms with van der Waals surface area (Å²) in [5.41, 5.74) is 33.2. The Kier molecular flexibility index (Phi) is 29.5. The Morgan fingerprint density at radius 2 is 0.780 bits per heavy atom. The van der Waals surface area contributed by atoms with Crippen molar-refractivity contribution in [3.63, 3.8) is 0 Å². The van der Waals surface area contributed by atoms with Crippen LogP contribution in [0.3, 0.4) is 0 Å². The molecule has 4 aromatic carbocycles. The molecule has 0 unspecified atom stereocenters. The minimum absolute atomic E-state index is 0.00314. The average molecular weight is 1270 g/mol. The van der Waals surface area contributed by atoms with E-state index in [0.29, 0.717) is 19.4 Å². The zero-order chi connectivity index (χ0) is 67.2. The first-order valence-corrected chi connectivity index (χ1v) is 28.3. The molecule has 4 rings (SSSR count). The highest BCUT2D eigenvalue weighted by atomic mass is 16.5. The Hall–Kier alpha value is -11.0. The number of nitrogens with one attached hydrogen (secondary N) is 14. The SMILES string of the molecule is COc1ccc(NC(=O)[C@H](N)CCCNCN)cc1C(=O)N[C@H](CCCNC(=N)N)C(=O)Nc1ccc(OC)c(C(=O)N[C@H](CCCNC(=N)N)C(=O)Nc2ccc(OC)c(C(=O)N[C@H](CCCNC(=N)N)C(=O)Nc3ccc(OCC(=O)O)c(C(N)=O)c3)c2)c1. The van der Waals surface area contributed by atoms with E-state index < -0.39 is 84.0 Å². The number of nitrogens with two attached hydrogens (primary N) is 6. The van der Waals surface area contributed by atoms with Crippen LogP contribution in [0, 0.1) is 16.2 Å². The van der Waals surface area contributed by atoms with Crippen molar-refractivity contribution >= 4 is 93.9 Å². The largest absolute Gasteiger partial charge is 0.496 e. The van der Waals surface area contributed by atoms with Gasteiger partial charge in [-0.25, -0.2) is 4.79 Å². The summed E-state index contributed by atoms with van der Waals surface area (Å²) in [6.45, 7) is 0.401. The first kappa shape index (κ1) is 72.5. The molecule has 0 aliphatic carbocycles. The van der Waals surface area contributed by atoms with Gasteiger partial charge in [0.15, 0.2) is 24.5 Å². The Balaban J connectivity index is 1.60. The zero-order valence-electron chi connectivity index (χ0n) is 50.4. The second-order valence-electron chi connectivity index (χ2n) is 19.9. The third-order valence-electron chi connectivity index (χ3n) is 13.2. The number of anilines is 4. The summed E-state index contributed by atoms with van der Waals surface area (Å²) in [5.74, 6) is -8.69. The zero-order valence-corrected chi connectivity index (χ0v) is 50.4. The molecule has 91 heavy (non-hydrogen) atoms. The van der Waals surface area contributed by atoms with Gasteiger partial charge >= 0.3 is 5.97 Å². The van der Waals surface area contributed by atoms with Crippen LogP contribution < -0.4 is 112 Å². The van der Waals surface area contributed by atoms with Crippen LogP contribution in [0.5, 0.6) is 23.0 Å². The molecule has 0 spiro atoms. The highest BCUT2D eigenvalue weighted by Gasteiger charge is 2.29. The molecule has 8 amide bonds. The van der Waals surface area contributed by atoms with Gasteiger partial charge in [-0.05, 0) is 131 Å². The van der Waals surface area contributed by atoms with Gasteiger partial charge in [-0.1, -0.05) is 0 Å². The number of ether oxygens (including phenoxy) is 4. The number of hydrogen-bond donors (Lipinski definition) is 21. The van der Waals surface area contributed by atoms with Crippen molar-refractivity contribution in [2.45, 2.75) is 75.5 Å². The summed E-state index contributed by atoms with van der Waals surface area (Å²) in [4.78, 5) is 121. The number of benzene rings is 4. The van der Waals surface area contributed by atoms with E-state index in [1.54, 1.807) is 0 Å². The van der Waals surface area contributed by atoms with E-state index in [2.05, 4.69) is 58.5 Å². The number of aliphatic carboxylic acids is 1. The normalized spacial score (nSPS) is 11.9. The highest BCUT2D eigenvalue weighted by Crippen LogP contribution is 2.28. The molecule has 4 atom stereocenters. The van der Waals surface area contributed by atoms with Gasteiger partial charge < -0.3 is 117 Å². The average Bonchev–Trinajstić information content (AvgIpc) is 1.19. The third kappa shape index (κ3) is 24.2. The van der Waals surface area contributed by atoms with Gasteiger partial charge in [-0.3, -0.25) is 54.6 Å². The van der Waals surface area contributed by atoms with E-state index in [4.69, 9.17) is 74.7 Å². The van der Waals surface area contributed by atoms with E-state index in [1.807, 2.05) is 0 Å². The Morgan fingerprint density at radius 1 is 0.462 bits per heavy atom. The fraction of sp³-hybridized carbons (Fsp3) is 0.368. The number of carboxylic acid groups (broad SMARTS) is 1. The van der Waals surface area contributed by atoms with Gasteiger partial charge in [0, 0.05) is 49.1 Å². The highest BCUT2D eigenvalue weighted by molar-refractivity contribution is 6.08. The molecular weight excluding hydrogens is 1190 g/mol. The fourth-order valence-electron chi connectivity index (χ4n) is 8.66.